The van der Waals surface area contributed by atoms with Gasteiger partial charge in [0.05, 0.1) is 0 Å². The Bertz CT molecular complexity index is 55.1. The predicted octanol–water partition coefficient (Wildman–Crippen LogP) is 3.43. The van der Waals surface area contributed by atoms with E-state index >= 15 is 0 Å². The highest BCUT2D eigenvalue weighted by Crippen LogP contribution is 2.16. The van der Waals surface area contributed by atoms with E-state index in [1.54, 1.807) is 5.92 Å². The summed E-state index contributed by atoms with van der Waals surface area (Å²) < 4.78 is 0. The summed E-state index contributed by atoms with van der Waals surface area (Å²) in [6.45, 7) is 9.01. The third-order valence-corrected chi connectivity index (χ3v) is 1.54. The van der Waals surface area contributed by atoms with Crippen molar-refractivity contribution in [1.82, 2.24) is 0 Å². The molecule has 0 aromatic rings. The Hall–Kier alpha value is 0. The van der Waals surface area contributed by atoms with Crippen LogP contribution in [-0.4, -0.2) is 0 Å². The van der Waals surface area contributed by atoms with Crippen molar-refractivity contribution in [2.45, 2.75) is 47.0 Å². The first-order valence-corrected chi connectivity index (χ1v) is 3.95. The molecule has 0 bridgehead atoms. The van der Waals surface area contributed by atoms with Gasteiger partial charge in [0.2, 0.25) is 0 Å². The molecule has 0 saturated heterocycles. The molecule has 0 rings (SSSR count). The van der Waals surface area contributed by atoms with Crippen LogP contribution in [-0.2, 0) is 0 Å². The van der Waals surface area contributed by atoms with E-state index in [1.807, 2.05) is 0 Å². The van der Waals surface area contributed by atoms with Crippen molar-refractivity contribution in [2.75, 3.05) is 0 Å². The lowest BCUT2D eigenvalue weighted by Crippen LogP contribution is -1.97. The molecular formula is C9H19. The summed E-state index contributed by atoms with van der Waals surface area (Å²) >= 11 is 0. The molecule has 1 radical (unpaired) electrons. The second kappa shape index (κ2) is 4.84. The highest BCUT2D eigenvalue weighted by Gasteiger charge is 2.02. The Balaban J connectivity index is 3.15. The van der Waals surface area contributed by atoms with Crippen LogP contribution in [0, 0.1) is 11.8 Å². The zero-order chi connectivity index (χ0) is 7.28. The lowest BCUT2D eigenvalue weighted by atomic mass is 9.95. The Morgan fingerprint density at radius 2 is 1.89 bits per heavy atom. The van der Waals surface area contributed by atoms with E-state index < -0.39 is 0 Å². The van der Waals surface area contributed by atoms with Gasteiger partial charge in [0, 0.05) is 0 Å². The second-order valence-corrected chi connectivity index (χ2v) is 3.31. The molecule has 0 spiro atoms. The molecule has 0 aromatic carbocycles. The van der Waals surface area contributed by atoms with E-state index in [4.69, 9.17) is 0 Å². The molecule has 0 aromatic heterocycles. The van der Waals surface area contributed by atoms with Crippen molar-refractivity contribution in [2.24, 2.45) is 5.92 Å². The molecule has 0 saturated carbocycles. The normalized spacial score (nSPS) is 14.3. The fourth-order valence-electron chi connectivity index (χ4n) is 1.29. The van der Waals surface area contributed by atoms with E-state index in [1.165, 1.54) is 19.3 Å². The van der Waals surface area contributed by atoms with Gasteiger partial charge in [-0.15, -0.1) is 0 Å². The minimum Gasteiger partial charge on any atom is -0.0654 e. The fourth-order valence-corrected chi connectivity index (χ4v) is 1.29. The van der Waals surface area contributed by atoms with Crippen molar-refractivity contribution in [3.8, 4) is 0 Å². The SMILES string of the molecule is CCCC(C)C[C](C)C. The van der Waals surface area contributed by atoms with Gasteiger partial charge in [-0.3, -0.25) is 0 Å². The quantitative estimate of drug-likeness (QED) is 0.542. The average Bonchev–Trinajstić information content (AvgIpc) is 1.63. The summed E-state index contributed by atoms with van der Waals surface area (Å²) in [4.78, 5) is 0. The van der Waals surface area contributed by atoms with Crippen molar-refractivity contribution in [3.63, 3.8) is 0 Å². The molecule has 0 amide bonds. The van der Waals surface area contributed by atoms with E-state index in [0.29, 0.717) is 0 Å². The molecule has 0 aliphatic carbocycles. The molecular weight excluding hydrogens is 108 g/mol. The molecule has 9 heavy (non-hydrogen) atoms. The molecule has 1 atom stereocenters. The van der Waals surface area contributed by atoms with E-state index in [0.717, 1.165) is 5.92 Å². The minimum atomic E-state index is 0.903. The summed E-state index contributed by atoms with van der Waals surface area (Å²) in [6, 6.07) is 0. The molecule has 0 N–H and O–H groups in total. The summed E-state index contributed by atoms with van der Waals surface area (Å²) in [5, 5.41) is 0. The average molecular weight is 127 g/mol. The molecule has 0 aliphatic rings. The minimum absolute atomic E-state index is 0.903. The molecule has 0 fully saturated rings. The van der Waals surface area contributed by atoms with Crippen LogP contribution in [0.4, 0.5) is 0 Å². The third kappa shape index (κ3) is 5.88. The van der Waals surface area contributed by atoms with Crippen LogP contribution >= 0.6 is 0 Å². The smallest absolute Gasteiger partial charge is 0.0300 e. The van der Waals surface area contributed by atoms with Crippen LogP contribution in [0.3, 0.4) is 0 Å². The van der Waals surface area contributed by atoms with Crippen molar-refractivity contribution in [3.05, 3.63) is 5.92 Å². The summed E-state index contributed by atoms with van der Waals surface area (Å²) in [7, 11) is 0. The van der Waals surface area contributed by atoms with Crippen LogP contribution in [0.1, 0.15) is 47.0 Å². The summed E-state index contributed by atoms with van der Waals surface area (Å²) in [5.74, 6) is 2.47. The van der Waals surface area contributed by atoms with Gasteiger partial charge in [-0.05, 0) is 18.3 Å². The van der Waals surface area contributed by atoms with Crippen LogP contribution in [0.5, 0.6) is 0 Å². The maximum absolute atomic E-state index is 2.33. The lowest BCUT2D eigenvalue weighted by molar-refractivity contribution is 0.497. The van der Waals surface area contributed by atoms with Gasteiger partial charge in [-0.25, -0.2) is 0 Å². The molecule has 1 unspecified atom stereocenters. The Labute approximate surface area is 59.7 Å². The maximum atomic E-state index is 2.33. The van der Waals surface area contributed by atoms with Crippen molar-refractivity contribution in [1.29, 1.82) is 0 Å². The van der Waals surface area contributed by atoms with Gasteiger partial charge in [0.15, 0.2) is 0 Å². The molecule has 55 valence electrons. The Morgan fingerprint density at radius 3 is 2.22 bits per heavy atom. The maximum Gasteiger partial charge on any atom is -0.0300 e. The van der Waals surface area contributed by atoms with Gasteiger partial charge < -0.3 is 0 Å². The third-order valence-electron chi connectivity index (χ3n) is 1.54. The van der Waals surface area contributed by atoms with Crippen molar-refractivity contribution < 1.29 is 0 Å². The lowest BCUT2D eigenvalue weighted by Gasteiger charge is -2.11. The van der Waals surface area contributed by atoms with Crippen LogP contribution in [0.25, 0.3) is 0 Å². The van der Waals surface area contributed by atoms with Gasteiger partial charge >= 0.3 is 0 Å². The first kappa shape index (κ1) is 9.00. The van der Waals surface area contributed by atoms with Crippen LogP contribution in [0.15, 0.2) is 0 Å². The topological polar surface area (TPSA) is 0 Å². The van der Waals surface area contributed by atoms with Gasteiger partial charge in [-0.1, -0.05) is 40.5 Å². The van der Waals surface area contributed by atoms with Crippen LogP contribution < -0.4 is 0 Å². The molecule has 0 nitrogen and oxygen atoms in total. The molecule has 0 heterocycles. The highest BCUT2D eigenvalue weighted by molar-refractivity contribution is 4.78. The number of hydrogen-bond donors (Lipinski definition) is 0. The standard InChI is InChI=1S/C9H19/c1-5-6-9(4)7-8(2)3/h9H,5-7H2,1-4H3. The first-order chi connectivity index (χ1) is 4.16. The van der Waals surface area contributed by atoms with Crippen molar-refractivity contribution >= 4 is 0 Å². The number of hydrogen-bond acceptors (Lipinski definition) is 0. The van der Waals surface area contributed by atoms with E-state index in [-0.39, 0.29) is 0 Å². The van der Waals surface area contributed by atoms with E-state index in [9.17, 15) is 0 Å². The Morgan fingerprint density at radius 1 is 1.33 bits per heavy atom. The largest absolute Gasteiger partial charge is 0.0654 e. The highest BCUT2D eigenvalue weighted by atomic mass is 14.1. The van der Waals surface area contributed by atoms with Gasteiger partial charge in [0.25, 0.3) is 0 Å². The fraction of sp³-hybridized carbons (Fsp3) is 0.889. The number of rotatable bonds is 4. The van der Waals surface area contributed by atoms with E-state index in [2.05, 4.69) is 27.7 Å². The first-order valence-electron chi connectivity index (χ1n) is 3.95. The predicted molar refractivity (Wildman–Crippen MR) is 43.3 cm³/mol. The molecule has 0 heteroatoms. The molecule has 0 aliphatic heterocycles. The second-order valence-electron chi connectivity index (χ2n) is 3.31. The monoisotopic (exact) mass is 127 g/mol. The zero-order valence-corrected chi connectivity index (χ0v) is 7.20. The van der Waals surface area contributed by atoms with Crippen LogP contribution in [0.2, 0.25) is 0 Å². The summed E-state index contributed by atoms with van der Waals surface area (Å²) in [5.41, 5.74) is 0. The van der Waals surface area contributed by atoms with Gasteiger partial charge in [0.1, 0.15) is 0 Å². The zero-order valence-electron chi connectivity index (χ0n) is 7.20. The Kier molecular flexibility index (Phi) is 4.84. The summed E-state index contributed by atoms with van der Waals surface area (Å²) in [6.07, 6.45) is 4.02. The van der Waals surface area contributed by atoms with Gasteiger partial charge in [-0.2, -0.15) is 0 Å².